The van der Waals surface area contributed by atoms with Gasteiger partial charge in [-0.1, -0.05) is 0 Å². The molecule has 2 aromatic heterocycles. The number of aromatic amines is 1. The van der Waals surface area contributed by atoms with E-state index in [1.165, 1.54) is 11.8 Å². The molecular formula is C22H23F6N7O4. The van der Waals surface area contributed by atoms with E-state index in [1.807, 2.05) is 0 Å². The highest BCUT2D eigenvalue weighted by atomic mass is 19.4. The molecule has 1 fully saturated rings. The minimum absolute atomic E-state index is 0.0134. The first-order chi connectivity index (χ1) is 18.3. The number of hydrogen-bond acceptors (Lipinski definition) is 8. The molecule has 0 unspecified atom stereocenters. The highest BCUT2D eigenvalue weighted by Crippen LogP contribution is 2.37. The number of amides is 2. The van der Waals surface area contributed by atoms with Gasteiger partial charge in [-0.25, -0.2) is 10.1 Å². The van der Waals surface area contributed by atoms with Crippen molar-refractivity contribution in [2.75, 3.05) is 48.4 Å². The highest BCUT2D eigenvalue weighted by Gasteiger charge is 2.41. The zero-order chi connectivity index (χ0) is 28.5. The molecule has 0 spiro atoms. The van der Waals surface area contributed by atoms with Crippen LogP contribution in [0.1, 0.15) is 24.5 Å². The number of hydrogen-bond donors (Lipinski definition) is 3. The summed E-state index contributed by atoms with van der Waals surface area (Å²) in [5, 5.41) is 10.1. The minimum Gasteiger partial charge on any atom is -0.379 e. The summed E-state index contributed by atoms with van der Waals surface area (Å²) in [6.45, 7) is 1.72. The standard InChI is InChI=1S/C22H23F6N7O4/c1-11(31-14-8-30-33-20(38)17(14)22(26,27)28)10-39-5-2-16(36)34-3-4-35-15(9-34)19(37)32-13-6-12(21(23,24)25)7-29-18(13)35/h6-8,11,15H,2-5,9-10H2,1H3,(H,32,37)(H2,31,33,38)/t11-,15+/m0/s1. The van der Waals surface area contributed by atoms with Crippen molar-refractivity contribution >= 4 is 29.0 Å². The zero-order valence-corrected chi connectivity index (χ0v) is 20.3. The number of rotatable bonds is 7. The largest absolute Gasteiger partial charge is 0.423 e. The van der Waals surface area contributed by atoms with E-state index in [0.717, 1.165) is 12.3 Å². The Bertz CT molecular complexity index is 1300. The molecule has 0 radical (unpaired) electrons. The third kappa shape index (κ3) is 6.23. The third-order valence-corrected chi connectivity index (χ3v) is 6.13. The number of ether oxygens (including phenoxy) is 1. The van der Waals surface area contributed by atoms with Gasteiger partial charge in [-0.15, -0.1) is 0 Å². The number of piperazine rings is 1. The van der Waals surface area contributed by atoms with Gasteiger partial charge in [-0.3, -0.25) is 14.4 Å². The summed E-state index contributed by atoms with van der Waals surface area (Å²) in [5.74, 6) is -0.717. The summed E-state index contributed by atoms with van der Waals surface area (Å²) in [4.78, 5) is 43.7. The Morgan fingerprint density at radius 3 is 2.62 bits per heavy atom. The number of alkyl halides is 6. The minimum atomic E-state index is -4.89. The third-order valence-electron chi connectivity index (χ3n) is 6.13. The number of nitrogens with zero attached hydrogens (tertiary/aromatic N) is 4. The quantitative estimate of drug-likeness (QED) is 0.345. The average molecular weight is 563 g/mol. The van der Waals surface area contributed by atoms with Crippen molar-refractivity contribution < 1.29 is 40.7 Å². The number of nitrogens with one attached hydrogen (secondary N) is 3. The van der Waals surface area contributed by atoms with Gasteiger partial charge in [0.2, 0.25) is 11.8 Å². The maximum Gasteiger partial charge on any atom is 0.423 e. The number of carbonyl (C=O) groups excluding carboxylic acids is 2. The van der Waals surface area contributed by atoms with Gasteiger partial charge in [0.05, 0.1) is 49.3 Å². The summed E-state index contributed by atoms with van der Waals surface area (Å²) >= 11 is 0. The topological polar surface area (TPSA) is 133 Å². The molecule has 11 nitrogen and oxygen atoms in total. The fraction of sp³-hybridized carbons (Fsp3) is 0.500. The molecule has 4 rings (SSSR count). The number of carbonyl (C=O) groups is 2. The molecule has 2 aromatic rings. The van der Waals surface area contributed by atoms with Crippen molar-refractivity contribution in [2.45, 2.75) is 37.8 Å². The monoisotopic (exact) mass is 563 g/mol. The summed E-state index contributed by atoms with van der Waals surface area (Å²) in [6.07, 6.45) is -8.06. The van der Waals surface area contributed by atoms with Crippen LogP contribution in [0.15, 0.2) is 23.3 Å². The maximum atomic E-state index is 13.2. The van der Waals surface area contributed by atoms with Crippen LogP contribution in [0.3, 0.4) is 0 Å². The highest BCUT2D eigenvalue weighted by molar-refractivity contribution is 6.03. The number of anilines is 3. The van der Waals surface area contributed by atoms with E-state index in [1.54, 1.807) is 10.00 Å². The molecule has 39 heavy (non-hydrogen) atoms. The van der Waals surface area contributed by atoms with Gasteiger partial charge >= 0.3 is 12.4 Å². The Labute approximate surface area is 216 Å². The van der Waals surface area contributed by atoms with Gasteiger partial charge in [0.25, 0.3) is 5.56 Å². The summed E-state index contributed by atoms with van der Waals surface area (Å²) in [5.41, 5.74) is -4.35. The van der Waals surface area contributed by atoms with Crippen LogP contribution in [-0.2, 0) is 26.7 Å². The first-order valence-corrected chi connectivity index (χ1v) is 11.7. The summed E-state index contributed by atoms with van der Waals surface area (Å²) in [7, 11) is 0. The zero-order valence-electron chi connectivity index (χ0n) is 20.3. The van der Waals surface area contributed by atoms with Crippen molar-refractivity contribution in [1.29, 1.82) is 0 Å². The smallest absolute Gasteiger partial charge is 0.379 e. The van der Waals surface area contributed by atoms with Gasteiger partial charge in [0.15, 0.2) is 5.82 Å². The Morgan fingerprint density at radius 2 is 1.92 bits per heavy atom. The summed E-state index contributed by atoms with van der Waals surface area (Å²) in [6, 6.07) is -0.683. The molecule has 1 saturated heterocycles. The molecule has 0 aromatic carbocycles. The van der Waals surface area contributed by atoms with Gasteiger partial charge in [0.1, 0.15) is 11.6 Å². The Balaban J connectivity index is 1.27. The van der Waals surface area contributed by atoms with Crippen molar-refractivity contribution in [3.63, 3.8) is 0 Å². The molecule has 2 amide bonds. The van der Waals surface area contributed by atoms with E-state index >= 15 is 0 Å². The van der Waals surface area contributed by atoms with E-state index in [0.29, 0.717) is 6.20 Å². The molecule has 17 heteroatoms. The molecule has 0 saturated carbocycles. The van der Waals surface area contributed by atoms with Crippen molar-refractivity contribution in [3.05, 3.63) is 39.9 Å². The van der Waals surface area contributed by atoms with Crippen LogP contribution in [0.2, 0.25) is 0 Å². The molecule has 2 aliphatic rings. The fourth-order valence-electron chi connectivity index (χ4n) is 4.31. The van der Waals surface area contributed by atoms with Gasteiger partial charge in [-0.05, 0) is 13.0 Å². The predicted octanol–water partition coefficient (Wildman–Crippen LogP) is 2.08. The number of fused-ring (bicyclic) bond motifs is 3. The molecule has 4 heterocycles. The Hall–Kier alpha value is -3.89. The lowest BCUT2D eigenvalue weighted by Gasteiger charge is -2.44. The predicted molar refractivity (Wildman–Crippen MR) is 124 cm³/mol. The van der Waals surface area contributed by atoms with E-state index in [4.69, 9.17) is 4.74 Å². The average Bonchev–Trinajstić information content (AvgIpc) is 2.84. The molecule has 0 aliphatic carbocycles. The summed E-state index contributed by atoms with van der Waals surface area (Å²) < 4.78 is 83.9. The van der Waals surface area contributed by atoms with Crippen LogP contribution < -0.4 is 21.1 Å². The fourth-order valence-corrected chi connectivity index (χ4v) is 4.31. The molecule has 0 bridgehead atoms. The second-order valence-corrected chi connectivity index (χ2v) is 8.99. The molecule has 2 aliphatic heterocycles. The van der Waals surface area contributed by atoms with E-state index in [9.17, 15) is 40.7 Å². The van der Waals surface area contributed by atoms with Gasteiger partial charge in [0, 0.05) is 25.3 Å². The van der Waals surface area contributed by atoms with Gasteiger partial charge < -0.3 is 25.2 Å². The first-order valence-electron chi connectivity index (χ1n) is 11.7. The Morgan fingerprint density at radius 1 is 1.18 bits per heavy atom. The lowest BCUT2D eigenvalue weighted by atomic mass is 10.1. The maximum absolute atomic E-state index is 13.2. The number of pyridine rings is 1. The SMILES string of the molecule is C[C@@H](COCCC(=O)N1CCN2c3ncc(C(F)(F)F)cc3NC(=O)[C@H]2C1)Nc1cn[nH]c(=O)c1C(F)(F)F. The van der Waals surface area contributed by atoms with E-state index in [-0.39, 0.29) is 56.7 Å². The van der Waals surface area contributed by atoms with Gasteiger partial charge in [-0.2, -0.15) is 31.4 Å². The number of aromatic nitrogens is 3. The lowest BCUT2D eigenvalue weighted by molar-refractivity contribution is -0.138. The first kappa shape index (κ1) is 28.1. The van der Waals surface area contributed by atoms with E-state index < -0.39 is 52.7 Å². The normalized spacial score (nSPS) is 18.2. The number of halogens is 6. The van der Waals surface area contributed by atoms with E-state index in [2.05, 4.69) is 20.7 Å². The molecule has 2 atom stereocenters. The second-order valence-electron chi connectivity index (χ2n) is 8.99. The lowest BCUT2D eigenvalue weighted by Crippen LogP contribution is -2.61. The Kier molecular flexibility index (Phi) is 7.72. The van der Waals surface area contributed by atoms with Crippen LogP contribution in [0.25, 0.3) is 0 Å². The van der Waals surface area contributed by atoms with Crippen LogP contribution >= 0.6 is 0 Å². The second kappa shape index (κ2) is 10.7. The molecule has 212 valence electrons. The van der Waals surface area contributed by atoms with Crippen molar-refractivity contribution in [3.8, 4) is 0 Å². The van der Waals surface area contributed by atoms with Crippen LogP contribution in [0.5, 0.6) is 0 Å². The molecular weight excluding hydrogens is 540 g/mol. The van der Waals surface area contributed by atoms with Crippen molar-refractivity contribution in [1.82, 2.24) is 20.1 Å². The van der Waals surface area contributed by atoms with Crippen LogP contribution in [-0.4, -0.2) is 76.8 Å². The number of H-pyrrole nitrogens is 1. The van der Waals surface area contributed by atoms with Crippen LogP contribution in [0.4, 0.5) is 43.5 Å². The van der Waals surface area contributed by atoms with Crippen LogP contribution in [0, 0.1) is 0 Å². The van der Waals surface area contributed by atoms with Crippen molar-refractivity contribution in [2.24, 2.45) is 0 Å². The molecule has 3 N–H and O–H groups in total.